The number of nitrogens with zero attached hydrogens (tertiary/aromatic N) is 3. The van der Waals surface area contributed by atoms with E-state index in [4.69, 9.17) is 4.98 Å². The first-order valence-electron chi connectivity index (χ1n) is 9.46. The van der Waals surface area contributed by atoms with Gasteiger partial charge in [0.05, 0.1) is 18.3 Å². The van der Waals surface area contributed by atoms with Crippen LogP contribution in [-0.2, 0) is 11.3 Å². The molecule has 1 N–H and O–H groups in total. The number of halogens is 1. The molecule has 1 aliphatic rings. The van der Waals surface area contributed by atoms with E-state index in [0.717, 1.165) is 32.5 Å². The minimum absolute atomic E-state index is 0.617. The molecular formula is C22H18BrN3O2S. The lowest BCUT2D eigenvalue weighted by molar-refractivity contribution is -0.142. The van der Waals surface area contributed by atoms with E-state index >= 15 is 0 Å². The minimum atomic E-state index is -0.770. The number of carboxylic acid groups (broad SMARTS) is 1. The maximum atomic E-state index is 11.9. The first kappa shape index (κ1) is 18.6. The van der Waals surface area contributed by atoms with Crippen LogP contribution in [0.2, 0.25) is 0 Å². The van der Waals surface area contributed by atoms with Crippen molar-refractivity contribution in [3.8, 4) is 0 Å². The summed E-state index contributed by atoms with van der Waals surface area (Å²) in [7, 11) is 0. The number of hydrogen-bond acceptors (Lipinski definition) is 4. The van der Waals surface area contributed by atoms with Gasteiger partial charge in [0, 0.05) is 10.7 Å². The van der Waals surface area contributed by atoms with E-state index in [1.165, 1.54) is 22.7 Å². The third kappa shape index (κ3) is 3.13. The Hall–Kier alpha value is -2.38. The number of benzene rings is 2. The zero-order valence-corrected chi connectivity index (χ0v) is 17.9. The van der Waals surface area contributed by atoms with Crippen molar-refractivity contribution in [3.63, 3.8) is 0 Å². The highest BCUT2D eigenvalue weighted by molar-refractivity contribution is 9.10. The Labute approximate surface area is 180 Å². The van der Waals surface area contributed by atoms with Crippen LogP contribution in [0.3, 0.4) is 0 Å². The van der Waals surface area contributed by atoms with Gasteiger partial charge in [0.25, 0.3) is 0 Å². The maximum Gasteiger partial charge on any atom is 0.320 e. The average Bonchev–Trinajstić information content (AvgIpc) is 3.04. The normalized spacial score (nSPS) is 15.5. The lowest BCUT2D eigenvalue weighted by Crippen LogP contribution is -2.42. The lowest BCUT2D eigenvalue weighted by Gasteiger charge is -2.36. The largest absolute Gasteiger partial charge is 0.480 e. The Kier molecular flexibility index (Phi) is 4.59. The van der Waals surface area contributed by atoms with Gasteiger partial charge >= 0.3 is 5.97 Å². The van der Waals surface area contributed by atoms with Gasteiger partial charge in [-0.25, -0.2) is 4.98 Å². The van der Waals surface area contributed by atoms with Crippen molar-refractivity contribution in [1.29, 1.82) is 0 Å². The summed E-state index contributed by atoms with van der Waals surface area (Å²) in [5.41, 5.74) is 2.92. The molecule has 2 heterocycles. The zero-order valence-electron chi connectivity index (χ0n) is 15.5. The molecule has 1 aliphatic carbocycles. The van der Waals surface area contributed by atoms with Crippen molar-refractivity contribution >= 4 is 55.5 Å². The van der Waals surface area contributed by atoms with Crippen LogP contribution in [0.15, 0.2) is 64.5 Å². The maximum absolute atomic E-state index is 11.9. The number of rotatable bonds is 5. The Morgan fingerprint density at radius 2 is 1.97 bits per heavy atom. The molecular weight excluding hydrogens is 450 g/mol. The molecule has 4 aromatic rings. The monoisotopic (exact) mass is 467 g/mol. The smallest absolute Gasteiger partial charge is 0.320 e. The number of imidazole rings is 1. The molecule has 0 bridgehead atoms. The van der Waals surface area contributed by atoms with Gasteiger partial charge in [-0.05, 0) is 47.7 Å². The average molecular weight is 468 g/mol. The number of fused-ring (bicyclic) bond motifs is 2. The predicted molar refractivity (Wildman–Crippen MR) is 118 cm³/mol. The third-order valence-corrected chi connectivity index (χ3v) is 7.80. The highest BCUT2D eigenvalue weighted by atomic mass is 79.9. The fraction of sp³-hybridized carbons (Fsp3) is 0.227. The fourth-order valence-corrected chi connectivity index (χ4v) is 5.68. The van der Waals surface area contributed by atoms with Crippen molar-refractivity contribution < 1.29 is 9.90 Å². The van der Waals surface area contributed by atoms with Gasteiger partial charge < -0.3 is 9.67 Å². The summed E-state index contributed by atoms with van der Waals surface area (Å²) in [4.78, 5) is 20.9. The number of pyridine rings is 1. The van der Waals surface area contributed by atoms with E-state index in [1.54, 1.807) is 12.4 Å². The zero-order chi connectivity index (χ0) is 20.0. The Morgan fingerprint density at radius 1 is 1.17 bits per heavy atom. The van der Waals surface area contributed by atoms with E-state index < -0.39 is 10.7 Å². The van der Waals surface area contributed by atoms with Crippen LogP contribution < -0.4 is 0 Å². The van der Waals surface area contributed by atoms with Crippen molar-refractivity contribution in [2.75, 3.05) is 0 Å². The van der Waals surface area contributed by atoms with E-state index in [2.05, 4.69) is 49.7 Å². The summed E-state index contributed by atoms with van der Waals surface area (Å²) in [6.07, 6.45) is 5.79. The molecule has 146 valence electrons. The minimum Gasteiger partial charge on any atom is -0.480 e. The van der Waals surface area contributed by atoms with Gasteiger partial charge in [0.1, 0.15) is 10.3 Å². The second-order valence-electron chi connectivity index (χ2n) is 7.35. The van der Waals surface area contributed by atoms with Crippen molar-refractivity contribution in [3.05, 3.63) is 64.9 Å². The third-order valence-electron chi connectivity index (χ3n) is 5.64. The number of hydrogen-bond donors (Lipinski definition) is 1. The van der Waals surface area contributed by atoms with Gasteiger partial charge in [0.15, 0.2) is 5.16 Å². The second kappa shape index (κ2) is 7.15. The highest BCUT2D eigenvalue weighted by Gasteiger charge is 2.46. The van der Waals surface area contributed by atoms with Crippen molar-refractivity contribution in [1.82, 2.24) is 14.5 Å². The number of carbonyl (C=O) groups is 1. The van der Waals surface area contributed by atoms with Crippen LogP contribution in [0.1, 0.15) is 24.8 Å². The Balaban J connectivity index is 1.63. The number of aromatic nitrogens is 3. The second-order valence-corrected chi connectivity index (χ2v) is 9.56. The van der Waals surface area contributed by atoms with Gasteiger partial charge in [-0.3, -0.25) is 9.78 Å². The molecule has 0 unspecified atom stereocenters. The Bertz CT molecular complexity index is 1250. The highest BCUT2D eigenvalue weighted by Crippen LogP contribution is 2.48. The topological polar surface area (TPSA) is 68.0 Å². The molecule has 0 spiro atoms. The van der Waals surface area contributed by atoms with Gasteiger partial charge in [0.2, 0.25) is 0 Å². The summed E-state index contributed by atoms with van der Waals surface area (Å²) >= 11 is 5.02. The SMILES string of the molecule is O=C(O)C1(Sc2nc3cnccc3n2Cc2ccc(Br)c3ccccc23)CCC1. The molecule has 2 aromatic heterocycles. The molecule has 0 saturated heterocycles. The Morgan fingerprint density at radius 3 is 2.69 bits per heavy atom. The molecule has 1 saturated carbocycles. The molecule has 2 aromatic carbocycles. The molecule has 5 nitrogen and oxygen atoms in total. The quantitative estimate of drug-likeness (QED) is 0.419. The predicted octanol–water partition coefficient (Wildman–Crippen LogP) is 5.49. The van der Waals surface area contributed by atoms with E-state index in [0.29, 0.717) is 19.4 Å². The molecule has 29 heavy (non-hydrogen) atoms. The van der Waals surface area contributed by atoms with Crippen molar-refractivity contribution in [2.24, 2.45) is 0 Å². The summed E-state index contributed by atoms with van der Waals surface area (Å²) in [5.74, 6) is -0.750. The van der Waals surface area contributed by atoms with Crippen molar-refractivity contribution in [2.45, 2.75) is 35.7 Å². The van der Waals surface area contributed by atoms with E-state index in [1.807, 2.05) is 18.2 Å². The van der Waals surface area contributed by atoms with Crippen LogP contribution in [-0.4, -0.2) is 30.4 Å². The van der Waals surface area contributed by atoms with Crippen LogP contribution in [0, 0.1) is 0 Å². The van der Waals surface area contributed by atoms with Gasteiger partial charge in [-0.1, -0.05) is 58.0 Å². The van der Waals surface area contributed by atoms with Crippen LogP contribution in [0.4, 0.5) is 0 Å². The first-order valence-corrected chi connectivity index (χ1v) is 11.1. The molecule has 1 fully saturated rings. The summed E-state index contributed by atoms with van der Waals surface area (Å²) in [5, 5.41) is 12.9. The fourth-order valence-electron chi connectivity index (χ4n) is 3.86. The van der Waals surface area contributed by atoms with Gasteiger partial charge in [-0.2, -0.15) is 0 Å². The number of aliphatic carboxylic acids is 1. The summed E-state index contributed by atoms with van der Waals surface area (Å²) in [6, 6.07) is 14.4. The molecule has 0 amide bonds. The summed E-state index contributed by atoms with van der Waals surface area (Å²) < 4.78 is 2.42. The van der Waals surface area contributed by atoms with E-state index in [9.17, 15) is 9.90 Å². The molecule has 7 heteroatoms. The molecule has 0 aliphatic heterocycles. The lowest BCUT2D eigenvalue weighted by atomic mass is 9.84. The van der Waals surface area contributed by atoms with Crippen LogP contribution in [0.25, 0.3) is 21.8 Å². The number of thioether (sulfide) groups is 1. The molecule has 0 atom stereocenters. The summed E-state index contributed by atoms with van der Waals surface area (Å²) in [6.45, 7) is 0.617. The van der Waals surface area contributed by atoms with E-state index in [-0.39, 0.29) is 0 Å². The standard InChI is InChI=1S/C22H18BrN3O2S/c23-17-7-6-14(15-4-1-2-5-16(15)17)13-26-19-8-11-24-12-18(19)25-21(26)29-22(20(27)28)9-3-10-22/h1-2,4-8,11-12H,3,9-10,13H2,(H,27,28). The van der Waals surface area contributed by atoms with Crippen LogP contribution >= 0.6 is 27.7 Å². The molecule has 0 radical (unpaired) electrons. The van der Waals surface area contributed by atoms with Gasteiger partial charge in [-0.15, -0.1) is 0 Å². The first-order chi connectivity index (χ1) is 14.1. The van der Waals surface area contributed by atoms with Crippen LogP contribution in [0.5, 0.6) is 0 Å². The number of carboxylic acids is 1. The molecule has 5 rings (SSSR count).